The van der Waals surface area contributed by atoms with Crippen LogP contribution < -0.4 is 15.8 Å². The maximum atomic E-state index is 11.7. The minimum absolute atomic E-state index is 0. The van der Waals surface area contributed by atoms with E-state index < -0.39 is 0 Å². The van der Waals surface area contributed by atoms with Gasteiger partial charge in [0.1, 0.15) is 0 Å². The van der Waals surface area contributed by atoms with Crippen molar-refractivity contribution in [1.29, 1.82) is 0 Å². The van der Waals surface area contributed by atoms with Crippen LogP contribution in [0, 0.1) is 0 Å². The Balaban J connectivity index is 0.00000280. The largest absolute Gasteiger partial charge is 0.368 e. The van der Waals surface area contributed by atoms with Crippen molar-refractivity contribution < 1.29 is 0 Å². The van der Waals surface area contributed by atoms with Crippen LogP contribution in [0.5, 0.6) is 0 Å². The van der Waals surface area contributed by atoms with Gasteiger partial charge in [0.05, 0.1) is 0 Å². The lowest BCUT2D eigenvalue weighted by Crippen LogP contribution is -2.52. The first-order chi connectivity index (χ1) is 13.3. The molecule has 1 saturated heterocycles. The maximum Gasteiger partial charge on any atom is 0.250 e. The number of aromatic nitrogens is 1. The fourth-order valence-electron chi connectivity index (χ4n) is 3.40. The third-order valence-corrected chi connectivity index (χ3v) is 4.92. The standard InChI is InChI=1S/C21H29N5O.HI/c1-22-21(23-12-6-8-14-25-13-7-5-11-20(25)27)26-17-15-24(16-18-26)19-9-3-2-4-10-19;/h2-5,7,9-11,13H,6,8,12,14-18H2,1H3,(H,22,23);1H. The molecule has 3 rings (SSSR count). The topological polar surface area (TPSA) is 52.9 Å². The Kier molecular flexibility index (Phi) is 9.33. The molecule has 1 N–H and O–H groups in total. The van der Waals surface area contributed by atoms with Gasteiger partial charge in [-0.3, -0.25) is 9.79 Å². The van der Waals surface area contributed by atoms with E-state index in [9.17, 15) is 4.79 Å². The molecule has 1 fully saturated rings. The van der Waals surface area contributed by atoms with Gasteiger partial charge < -0.3 is 19.7 Å². The van der Waals surface area contributed by atoms with Crippen molar-refractivity contribution in [3.63, 3.8) is 0 Å². The molecular formula is C21H30IN5O. The highest BCUT2D eigenvalue weighted by Crippen LogP contribution is 2.15. The summed E-state index contributed by atoms with van der Waals surface area (Å²) in [6.45, 7) is 5.56. The first kappa shape index (κ1) is 22.3. The molecule has 0 bridgehead atoms. The van der Waals surface area contributed by atoms with Crippen molar-refractivity contribution in [2.24, 2.45) is 4.99 Å². The number of aliphatic imine (C=N–C) groups is 1. The second-order valence-electron chi connectivity index (χ2n) is 6.72. The summed E-state index contributed by atoms with van der Waals surface area (Å²) in [7, 11) is 1.84. The summed E-state index contributed by atoms with van der Waals surface area (Å²) >= 11 is 0. The average molecular weight is 495 g/mol. The van der Waals surface area contributed by atoms with Gasteiger partial charge in [-0.15, -0.1) is 24.0 Å². The molecule has 0 saturated carbocycles. The zero-order chi connectivity index (χ0) is 18.9. The number of pyridine rings is 1. The van der Waals surface area contributed by atoms with E-state index in [1.807, 2.05) is 19.3 Å². The molecular weight excluding hydrogens is 465 g/mol. The molecule has 0 spiro atoms. The molecule has 28 heavy (non-hydrogen) atoms. The number of nitrogens with zero attached hydrogens (tertiary/aromatic N) is 4. The van der Waals surface area contributed by atoms with E-state index in [-0.39, 0.29) is 29.5 Å². The lowest BCUT2D eigenvalue weighted by molar-refractivity contribution is 0.372. The summed E-state index contributed by atoms with van der Waals surface area (Å²) in [4.78, 5) is 20.9. The Morgan fingerprint density at radius 3 is 2.39 bits per heavy atom. The second kappa shape index (κ2) is 11.7. The van der Waals surface area contributed by atoms with Crippen molar-refractivity contribution in [2.75, 3.05) is 44.7 Å². The van der Waals surface area contributed by atoms with Crippen LogP contribution in [0.1, 0.15) is 12.8 Å². The average Bonchev–Trinajstić information content (AvgIpc) is 2.73. The van der Waals surface area contributed by atoms with Crippen molar-refractivity contribution in [3.8, 4) is 0 Å². The second-order valence-corrected chi connectivity index (χ2v) is 6.72. The van der Waals surface area contributed by atoms with Crippen molar-refractivity contribution in [3.05, 3.63) is 65.1 Å². The first-order valence-corrected chi connectivity index (χ1v) is 9.69. The number of hydrogen-bond acceptors (Lipinski definition) is 3. The SMILES string of the molecule is CN=C(NCCCCn1ccccc1=O)N1CCN(c2ccccc2)CC1.I. The number of hydrogen-bond donors (Lipinski definition) is 1. The van der Waals surface area contributed by atoms with E-state index in [1.54, 1.807) is 16.7 Å². The van der Waals surface area contributed by atoms with Gasteiger partial charge in [0.2, 0.25) is 5.56 Å². The number of nitrogens with one attached hydrogen (secondary N) is 1. The van der Waals surface area contributed by atoms with Crippen LogP contribution in [-0.4, -0.2) is 55.2 Å². The predicted molar refractivity (Wildman–Crippen MR) is 127 cm³/mol. The molecule has 0 atom stereocenters. The number of piperazine rings is 1. The zero-order valence-electron chi connectivity index (χ0n) is 16.5. The lowest BCUT2D eigenvalue weighted by atomic mass is 10.2. The number of anilines is 1. The Bertz CT molecular complexity index is 785. The fraction of sp³-hybridized carbons (Fsp3) is 0.429. The van der Waals surface area contributed by atoms with Crippen LogP contribution in [0.25, 0.3) is 0 Å². The van der Waals surface area contributed by atoms with E-state index in [0.717, 1.165) is 58.1 Å². The molecule has 2 aromatic rings. The van der Waals surface area contributed by atoms with Gasteiger partial charge in [-0.05, 0) is 31.0 Å². The minimum Gasteiger partial charge on any atom is -0.368 e. The number of benzene rings is 1. The molecule has 2 heterocycles. The molecule has 1 aliphatic heterocycles. The summed E-state index contributed by atoms with van der Waals surface area (Å²) < 4.78 is 1.76. The van der Waals surface area contributed by atoms with Crippen molar-refractivity contribution in [2.45, 2.75) is 19.4 Å². The predicted octanol–water partition coefficient (Wildman–Crippen LogP) is 2.64. The Morgan fingerprint density at radius 1 is 1.00 bits per heavy atom. The summed E-state index contributed by atoms with van der Waals surface area (Å²) in [6.07, 6.45) is 3.82. The van der Waals surface area contributed by atoms with Gasteiger partial charge in [-0.25, -0.2) is 0 Å². The first-order valence-electron chi connectivity index (χ1n) is 9.69. The Morgan fingerprint density at radius 2 is 1.71 bits per heavy atom. The third kappa shape index (κ3) is 6.25. The van der Waals surface area contributed by atoms with E-state index in [2.05, 4.69) is 50.4 Å². The van der Waals surface area contributed by atoms with Gasteiger partial charge in [0, 0.05) is 64.3 Å². The molecule has 7 heteroatoms. The van der Waals surface area contributed by atoms with Crippen molar-refractivity contribution in [1.82, 2.24) is 14.8 Å². The molecule has 1 aromatic heterocycles. The molecule has 0 unspecified atom stereocenters. The van der Waals surface area contributed by atoms with Gasteiger partial charge in [-0.2, -0.15) is 0 Å². The molecule has 0 aliphatic carbocycles. The van der Waals surface area contributed by atoms with Gasteiger partial charge >= 0.3 is 0 Å². The molecule has 0 amide bonds. The summed E-state index contributed by atoms with van der Waals surface area (Å²) in [6, 6.07) is 15.9. The highest BCUT2D eigenvalue weighted by molar-refractivity contribution is 14.0. The Labute approximate surface area is 184 Å². The monoisotopic (exact) mass is 495 g/mol. The van der Waals surface area contributed by atoms with E-state index in [1.165, 1.54) is 5.69 Å². The van der Waals surface area contributed by atoms with Crippen LogP contribution in [0.15, 0.2) is 64.5 Å². The summed E-state index contributed by atoms with van der Waals surface area (Å²) in [5, 5.41) is 3.46. The maximum absolute atomic E-state index is 11.7. The summed E-state index contributed by atoms with van der Waals surface area (Å²) in [5.74, 6) is 0.972. The van der Waals surface area contributed by atoms with Gasteiger partial charge in [-0.1, -0.05) is 24.3 Å². The zero-order valence-corrected chi connectivity index (χ0v) is 18.8. The number of unbranched alkanes of at least 4 members (excludes halogenated alkanes) is 1. The van der Waals surface area contributed by atoms with E-state index in [4.69, 9.17) is 0 Å². The summed E-state index contributed by atoms with van der Waals surface area (Å²) in [5.41, 5.74) is 1.36. The van der Waals surface area contributed by atoms with Gasteiger partial charge in [0.15, 0.2) is 5.96 Å². The van der Waals surface area contributed by atoms with Crippen LogP contribution in [0.4, 0.5) is 5.69 Å². The smallest absolute Gasteiger partial charge is 0.250 e. The minimum atomic E-state index is 0. The number of guanidine groups is 1. The molecule has 1 aliphatic rings. The molecule has 0 radical (unpaired) electrons. The molecule has 152 valence electrons. The van der Waals surface area contributed by atoms with Gasteiger partial charge in [0.25, 0.3) is 0 Å². The highest BCUT2D eigenvalue weighted by atomic mass is 127. The van der Waals surface area contributed by atoms with Crippen LogP contribution in [0.2, 0.25) is 0 Å². The quantitative estimate of drug-likeness (QED) is 0.290. The van der Waals surface area contributed by atoms with Crippen LogP contribution in [-0.2, 0) is 6.54 Å². The molecule has 6 nitrogen and oxygen atoms in total. The normalized spacial score (nSPS) is 14.5. The Hall–Kier alpha value is -2.03. The molecule has 1 aromatic carbocycles. The fourth-order valence-corrected chi connectivity index (χ4v) is 3.40. The van der Waals surface area contributed by atoms with Crippen LogP contribution in [0.3, 0.4) is 0 Å². The number of para-hydroxylation sites is 1. The van der Waals surface area contributed by atoms with Crippen molar-refractivity contribution >= 4 is 35.6 Å². The van der Waals surface area contributed by atoms with Crippen LogP contribution >= 0.6 is 24.0 Å². The highest BCUT2D eigenvalue weighted by Gasteiger charge is 2.19. The van der Waals surface area contributed by atoms with E-state index >= 15 is 0 Å². The number of halogens is 1. The number of aryl methyl sites for hydroxylation is 1. The van der Waals surface area contributed by atoms with E-state index in [0.29, 0.717) is 0 Å². The number of rotatable bonds is 6. The third-order valence-electron chi connectivity index (χ3n) is 4.92. The lowest BCUT2D eigenvalue weighted by Gasteiger charge is -2.37.